The summed E-state index contributed by atoms with van der Waals surface area (Å²) < 4.78 is 25.3. The Labute approximate surface area is 84.0 Å². The first kappa shape index (κ1) is 11.2. The van der Waals surface area contributed by atoms with Gasteiger partial charge >= 0.3 is 0 Å². The van der Waals surface area contributed by atoms with E-state index in [-0.39, 0.29) is 5.82 Å². The maximum absolute atomic E-state index is 12.8. The van der Waals surface area contributed by atoms with E-state index in [9.17, 15) is 8.78 Å². The van der Waals surface area contributed by atoms with Crippen LogP contribution in [0.15, 0.2) is 18.2 Å². The lowest BCUT2D eigenvalue weighted by Crippen LogP contribution is -1.93. The van der Waals surface area contributed by atoms with Crippen LogP contribution in [-0.4, -0.2) is 0 Å². The fourth-order valence-electron chi connectivity index (χ4n) is 1.53. The molecule has 0 nitrogen and oxygen atoms in total. The van der Waals surface area contributed by atoms with Gasteiger partial charge in [0.05, 0.1) is 0 Å². The van der Waals surface area contributed by atoms with E-state index in [1.165, 1.54) is 12.1 Å². The van der Waals surface area contributed by atoms with Crippen molar-refractivity contribution in [3.05, 3.63) is 35.1 Å². The molecule has 1 aromatic rings. The van der Waals surface area contributed by atoms with Crippen LogP contribution >= 0.6 is 0 Å². The minimum atomic E-state index is -0.570. The van der Waals surface area contributed by atoms with E-state index in [0.29, 0.717) is 5.56 Å². The largest absolute Gasteiger partial charge is 0.246 e. The normalized spacial score (nSPS) is 10.5. The fourth-order valence-corrected chi connectivity index (χ4v) is 1.53. The topological polar surface area (TPSA) is 0 Å². The average Bonchev–Trinajstić information content (AvgIpc) is 2.20. The third kappa shape index (κ3) is 3.09. The van der Waals surface area contributed by atoms with Crippen molar-refractivity contribution in [2.75, 3.05) is 0 Å². The smallest absolute Gasteiger partial charge is 0.123 e. The average molecular weight is 198 g/mol. The van der Waals surface area contributed by atoms with Crippen LogP contribution in [-0.2, 0) is 13.1 Å². The zero-order chi connectivity index (χ0) is 10.4. The molecule has 0 atom stereocenters. The molecule has 0 aromatic heterocycles. The molecule has 0 aliphatic heterocycles. The number of hydrogen-bond donors (Lipinski definition) is 0. The van der Waals surface area contributed by atoms with Gasteiger partial charge in [0.1, 0.15) is 12.5 Å². The molecule has 0 bridgehead atoms. The van der Waals surface area contributed by atoms with Gasteiger partial charge in [-0.05, 0) is 36.1 Å². The summed E-state index contributed by atoms with van der Waals surface area (Å²) in [4.78, 5) is 0. The Balaban J connectivity index is 2.65. The predicted molar refractivity (Wildman–Crippen MR) is 54.4 cm³/mol. The second kappa shape index (κ2) is 5.74. The van der Waals surface area contributed by atoms with Crippen molar-refractivity contribution in [2.24, 2.45) is 0 Å². The first-order valence-corrected chi connectivity index (χ1v) is 5.11. The molecule has 1 rings (SSSR count). The molecule has 0 spiro atoms. The van der Waals surface area contributed by atoms with Crippen LogP contribution in [0.3, 0.4) is 0 Å². The van der Waals surface area contributed by atoms with Crippen molar-refractivity contribution in [1.29, 1.82) is 0 Å². The van der Waals surface area contributed by atoms with Gasteiger partial charge < -0.3 is 0 Å². The summed E-state index contributed by atoms with van der Waals surface area (Å²) in [6.07, 6.45) is 4.19. The molecule has 0 saturated heterocycles. The highest BCUT2D eigenvalue weighted by molar-refractivity contribution is 5.27. The summed E-state index contributed by atoms with van der Waals surface area (Å²) in [5.74, 6) is -0.350. The van der Waals surface area contributed by atoms with Crippen LogP contribution in [0.25, 0.3) is 0 Å². The van der Waals surface area contributed by atoms with Crippen LogP contribution < -0.4 is 0 Å². The summed E-state index contributed by atoms with van der Waals surface area (Å²) in [6, 6.07) is 4.39. The van der Waals surface area contributed by atoms with Crippen LogP contribution in [0.4, 0.5) is 8.78 Å². The lowest BCUT2D eigenvalue weighted by molar-refractivity contribution is 0.478. The molecule has 0 radical (unpaired) electrons. The minimum absolute atomic E-state index is 0.350. The van der Waals surface area contributed by atoms with Gasteiger partial charge in [0, 0.05) is 0 Å². The molecule has 0 saturated carbocycles. The first-order chi connectivity index (χ1) is 6.77. The number of hydrogen-bond acceptors (Lipinski definition) is 0. The van der Waals surface area contributed by atoms with Gasteiger partial charge in [-0.15, -0.1) is 0 Å². The summed E-state index contributed by atoms with van der Waals surface area (Å²) >= 11 is 0. The van der Waals surface area contributed by atoms with E-state index in [4.69, 9.17) is 0 Å². The summed E-state index contributed by atoms with van der Waals surface area (Å²) in [5, 5.41) is 0. The molecular formula is C12H16F2. The molecule has 2 heteroatoms. The van der Waals surface area contributed by atoms with Gasteiger partial charge in [-0.25, -0.2) is 8.78 Å². The molecule has 0 N–H and O–H groups in total. The molecule has 0 aliphatic carbocycles. The van der Waals surface area contributed by atoms with E-state index in [2.05, 4.69) is 6.92 Å². The Morgan fingerprint density at radius 3 is 2.57 bits per heavy atom. The number of aryl methyl sites for hydroxylation is 1. The highest BCUT2D eigenvalue weighted by Gasteiger charge is 2.03. The number of halogens is 2. The Bertz CT molecular complexity index is 282. The minimum Gasteiger partial charge on any atom is -0.246 e. The monoisotopic (exact) mass is 198 g/mol. The van der Waals surface area contributed by atoms with Gasteiger partial charge in [-0.1, -0.05) is 25.8 Å². The van der Waals surface area contributed by atoms with Gasteiger partial charge in [0.2, 0.25) is 0 Å². The van der Waals surface area contributed by atoms with Crippen molar-refractivity contribution in [1.82, 2.24) is 0 Å². The Hall–Kier alpha value is -0.920. The van der Waals surface area contributed by atoms with Crippen LogP contribution in [0.5, 0.6) is 0 Å². The van der Waals surface area contributed by atoms with Crippen molar-refractivity contribution in [3.8, 4) is 0 Å². The third-order valence-electron chi connectivity index (χ3n) is 2.36. The van der Waals surface area contributed by atoms with E-state index < -0.39 is 6.67 Å². The number of alkyl halides is 1. The summed E-state index contributed by atoms with van der Waals surface area (Å²) in [7, 11) is 0. The second-order valence-corrected chi connectivity index (χ2v) is 3.50. The van der Waals surface area contributed by atoms with Gasteiger partial charge in [0.15, 0.2) is 0 Å². The maximum Gasteiger partial charge on any atom is 0.123 e. The third-order valence-corrected chi connectivity index (χ3v) is 2.36. The van der Waals surface area contributed by atoms with E-state index >= 15 is 0 Å². The SMILES string of the molecule is CCCCCc1ccc(F)cc1CF. The number of unbranched alkanes of at least 4 members (excludes halogenated alkanes) is 2. The molecule has 0 aliphatic rings. The second-order valence-electron chi connectivity index (χ2n) is 3.50. The standard InChI is InChI=1S/C12H16F2/c1-2-3-4-5-10-6-7-12(14)8-11(10)9-13/h6-8H,2-5,9H2,1H3. The lowest BCUT2D eigenvalue weighted by atomic mass is 10.0. The van der Waals surface area contributed by atoms with E-state index in [1.54, 1.807) is 6.07 Å². The molecule has 14 heavy (non-hydrogen) atoms. The fraction of sp³-hybridized carbons (Fsp3) is 0.500. The molecule has 0 amide bonds. The van der Waals surface area contributed by atoms with E-state index in [1.807, 2.05) is 0 Å². The van der Waals surface area contributed by atoms with E-state index in [0.717, 1.165) is 31.2 Å². The molecular weight excluding hydrogens is 182 g/mol. The van der Waals surface area contributed by atoms with Crippen LogP contribution in [0, 0.1) is 5.82 Å². The summed E-state index contributed by atoms with van der Waals surface area (Å²) in [5.41, 5.74) is 1.45. The zero-order valence-electron chi connectivity index (χ0n) is 8.52. The van der Waals surface area contributed by atoms with Crippen LogP contribution in [0.2, 0.25) is 0 Å². The Morgan fingerprint density at radius 1 is 1.14 bits per heavy atom. The highest BCUT2D eigenvalue weighted by atomic mass is 19.1. The maximum atomic E-state index is 12.8. The Morgan fingerprint density at radius 2 is 1.93 bits per heavy atom. The number of rotatable bonds is 5. The molecule has 1 aromatic carbocycles. The lowest BCUT2D eigenvalue weighted by Gasteiger charge is -2.05. The number of benzene rings is 1. The van der Waals surface area contributed by atoms with Crippen molar-refractivity contribution in [2.45, 2.75) is 39.3 Å². The summed E-state index contributed by atoms with van der Waals surface area (Å²) in [6.45, 7) is 1.56. The quantitative estimate of drug-likeness (QED) is 0.627. The highest BCUT2D eigenvalue weighted by Crippen LogP contribution is 2.15. The molecule has 0 fully saturated rings. The van der Waals surface area contributed by atoms with Crippen molar-refractivity contribution < 1.29 is 8.78 Å². The molecule has 78 valence electrons. The molecule has 0 heterocycles. The van der Waals surface area contributed by atoms with Crippen molar-refractivity contribution >= 4 is 0 Å². The first-order valence-electron chi connectivity index (χ1n) is 5.11. The predicted octanol–water partition coefficient (Wildman–Crippen LogP) is 4.03. The van der Waals surface area contributed by atoms with Crippen molar-refractivity contribution in [3.63, 3.8) is 0 Å². The zero-order valence-corrected chi connectivity index (χ0v) is 8.52. The van der Waals surface area contributed by atoms with Gasteiger partial charge in [-0.3, -0.25) is 0 Å². The van der Waals surface area contributed by atoms with Crippen LogP contribution in [0.1, 0.15) is 37.3 Å². The Kier molecular flexibility index (Phi) is 4.57. The van der Waals surface area contributed by atoms with Gasteiger partial charge in [0.25, 0.3) is 0 Å². The van der Waals surface area contributed by atoms with Gasteiger partial charge in [-0.2, -0.15) is 0 Å². The molecule has 0 unspecified atom stereocenters.